The SMILES string of the molecule is CC(C)C[C@H]1CN(C(=O)c2cn3c4c(cccc4c2=O)CC3)CC[C@@]1(C)O. The molecule has 0 saturated carbocycles. The Kier molecular flexibility index (Phi) is 4.38. The first-order chi connectivity index (χ1) is 12.8. The van der Waals surface area contributed by atoms with Gasteiger partial charge in [0.15, 0.2) is 0 Å². The summed E-state index contributed by atoms with van der Waals surface area (Å²) in [6.45, 7) is 7.92. The van der Waals surface area contributed by atoms with Crippen LogP contribution in [0, 0.1) is 11.8 Å². The summed E-state index contributed by atoms with van der Waals surface area (Å²) in [5.74, 6) is 0.273. The Bertz CT molecular complexity index is 958. The van der Waals surface area contributed by atoms with Gasteiger partial charge >= 0.3 is 0 Å². The number of rotatable bonds is 3. The summed E-state index contributed by atoms with van der Waals surface area (Å²) in [5, 5.41) is 11.4. The van der Waals surface area contributed by atoms with Gasteiger partial charge in [0.2, 0.25) is 5.43 Å². The first-order valence-corrected chi connectivity index (χ1v) is 9.94. The number of piperidine rings is 1. The zero-order chi connectivity index (χ0) is 19.3. The largest absolute Gasteiger partial charge is 0.390 e. The summed E-state index contributed by atoms with van der Waals surface area (Å²) in [6.07, 6.45) is 4.05. The smallest absolute Gasteiger partial charge is 0.259 e. The van der Waals surface area contributed by atoms with Crippen molar-refractivity contribution in [1.29, 1.82) is 0 Å². The summed E-state index contributed by atoms with van der Waals surface area (Å²) >= 11 is 0. The predicted molar refractivity (Wildman–Crippen MR) is 106 cm³/mol. The molecule has 1 amide bonds. The minimum atomic E-state index is -0.761. The maximum atomic E-state index is 13.2. The van der Waals surface area contributed by atoms with Gasteiger partial charge in [0, 0.05) is 37.1 Å². The molecule has 1 aromatic heterocycles. The molecule has 2 aliphatic rings. The molecule has 1 saturated heterocycles. The Hall–Kier alpha value is -2.14. The van der Waals surface area contributed by atoms with Crippen molar-refractivity contribution < 1.29 is 9.90 Å². The number of carbonyl (C=O) groups is 1. The molecule has 27 heavy (non-hydrogen) atoms. The third-order valence-corrected chi connectivity index (χ3v) is 6.28. The van der Waals surface area contributed by atoms with Gasteiger partial charge in [-0.15, -0.1) is 0 Å². The van der Waals surface area contributed by atoms with E-state index in [-0.39, 0.29) is 22.8 Å². The van der Waals surface area contributed by atoms with E-state index in [4.69, 9.17) is 0 Å². The Balaban J connectivity index is 1.68. The van der Waals surface area contributed by atoms with E-state index >= 15 is 0 Å². The van der Waals surface area contributed by atoms with Crippen molar-refractivity contribution in [2.75, 3.05) is 13.1 Å². The van der Waals surface area contributed by atoms with E-state index in [0.717, 1.165) is 24.9 Å². The number of nitrogens with zero attached hydrogens (tertiary/aromatic N) is 2. The summed E-state index contributed by atoms with van der Waals surface area (Å²) in [6, 6.07) is 5.78. The van der Waals surface area contributed by atoms with Crippen molar-refractivity contribution in [1.82, 2.24) is 9.47 Å². The van der Waals surface area contributed by atoms with Crippen LogP contribution in [-0.4, -0.2) is 39.2 Å². The lowest BCUT2D eigenvalue weighted by Gasteiger charge is -2.43. The minimum absolute atomic E-state index is 0.0279. The zero-order valence-electron chi connectivity index (χ0n) is 16.4. The van der Waals surface area contributed by atoms with Gasteiger partial charge in [-0.1, -0.05) is 26.0 Å². The fourth-order valence-corrected chi connectivity index (χ4v) is 4.68. The Morgan fingerprint density at radius 2 is 2.11 bits per heavy atom. The van der Waals surface area contributed by atoms with E-state index in [0.29, 0.717) is 30.8 Å². The quantitative estimate of drug-likeness (QED) is 0.906. The van der Waals surface area contributed by atoms with Crippen LogP contribution in [0.5, 0.6) is 0 Å². The number of para-hydroxylation sites is 1. The molecule has 0 unspecified atom stereocenters. The lowest BCUT2D eigenvalue weighted by atomic mass is 9.78. The average Bonchev–Trinajstić information content (AvgIpc) is 3.03. The van der Waals surface area contributed by atoms with Crippen LogP contribution < -0.4 is 5.43 Å². The van der Waals surface area contributed by atoms with Gasteiger partial charge in [-0.3, -0.25) is 9.59 Å². The summed E-state index contributed by atoms with van der Waals surface area (Å²) in [4.78, 5) is 28.0. The molecule has 0 spiro atoms. The number of hydrogen-bond donors (Lipinski definition) is 1. The van der Waals surface area contributed by atoms with E-state index in [2.05, 4.69) is 19.9 Å². The second kappa shape index (κ2) is 6.48. The lowest BCUT2D eigenvalue weighted by molar-refractivity contribution is -0.0577. The molecule has 1 fully saturated rings. The molecule has 2 atom stereocenters. The number of benzene rings is 1. The fraction of sp³-hybridized carbons (Fsp3) is 0.545. The number of aromatic nitrogens is 1. The summed E-state index contributed by atoms with van der Waals surface area (Å²) in [7, 11) is 0. The molecule has 5 heteroatoms. The van der Waals surface area contributed by atoms with Crippen LogP contribution in [0.2, 0.25) is 0 Å². The van der Waals surface area contributed by atoms with Crippen molar-refractivity contribution in [3.05, 3.63) is 45.7 Å². The standard InChI is InChI=1S/C22H28N2O3/c1-14(2)11-16-12-24(10-8-22(16,3)27)21(26)18-13-23-9-7-15-5-4-6-17(19(15)23)20(18)25/h4-6,13-14,16,27H,7-12H2,1-3H3/t16-,22+/m0/s1. The van der Waals surface area contributed by atoms with Gasteiger partial charge in [-0.05, 0) is 43.7 Å². The minimum Gasteiger partial charge on any atom is -0.390 e. The second-order valence-corrected chi connectivity index (χ2v) is 8.81. The van der Waals surface area contributed by atoms with Gasteiger partial charge in [-0.25, -0.2) is 0 Å². The number of aliphatic hydroxyl groups is 1. The molecule has 3 heterocycles. The number of amides is 1. The van der Waals surface area contributed by atoms with E-state index in [9.17, 15) is 14.7 Å². The predicted octanol–water partition coefficient (Wildman–Crippen LogP) is 2.82. The molecule has 0 radical (unpaired) electrons. The Morgan fingerprint density at radius 1 is 1.33 bits per heavy atom. The van der Waals surface area contributed by atoms with E-state index in [1.807, 2.05) is 23.6 Å². The van der Waals surface area contributed by atoms with Crippen LogP contribution in [0.3, 0.4) is 0 Å². The molecule has 2 aliphatic heterocycles. The fourth-order valence-electron chi connectivity index (χ4n) is 4.68. The molecule has 5 nitrogen and oxygen atoms in total. The lowest BCUT2D eigenvalue weighted by Crippen LogP contribution is -2.52. The average molecular weight is 368 g/mol. The van der Waals surface area contributed by atoms with Crippen LogP contribution in [0.4, 0.5) is 0 Å². The highest BCUT2D eigenvalue weighted by Crippen LogP contribution is 2.33. The van der Waals surface area contributed by atoms with Crippen molar-refractivity contribution >= 4 is 16.8 Å². The highest BCUT2D eigenvalue weighted by atomic mass is 16.3. The highest BCUT2D eigenvalue weighted by molar-refractivity contribution is 5.98. The van der Waals surface area contributed by atoms with Gasteiger partial charge < -0.3 is 14.6 Å². The van der Waals surface area contributed by atoms with E-state index in [1.165, 1.54) is 5.56 Å². The topological polar surface area (TPSA) is 62.5 Å². The van der Waals surface area contributed by atoms with Crippen LogP contribution in [0.1, 0.15) is 49.5 Å². The molecule has 1 N–H and O–H groups in total. The molecular weight excluding hydrogens is 340 g/mol. The van der Waals surface area contributed by atoms with Crippen molar-refractivity contribution in [3.63, 3.8) is 0 Å². The second-order valence-electron chi connectivity index (χ2n) is 8.81. The zero-order valence-corrected chi connectivity index (χ0v) is 16.4. The number of pyridine rings is 1. The monoisotopic (exact) mass is 368 g/mol. The van der Waals surface area contributed by atoms with Crippen LogP contribution >= 0.6 is 0 Å². The Morgan fingerprint density at radius 3 is 2.85 bits per heavy atom. The number of likely N-dealkylation sites (tertiary alicyclic amines) is 1. The number of hydrogen-bond acceptors (Lipinski definition) is 3. The summed E-state index contributed by atoms with van der Waals surface area (Å²) in [5.41, 5.74) is 1.47. The van der Waals surface area contributed by atoms with E-state index < -0.39 is 5.60 Å². The maximum Gasteiger partial charge on any atom is 0.259 e. The molecule has 0 bridgehead atoms. The highest BCUT2D eigenvalue weighted by Gasteiger charge is 2.39. The molecule has 0 aliphatic carbocycles. The molecular formula is C22H28N2O3. The normalized spacial score (nSPS) is 24.8. The number of aryl methyl sites for hydroxylation is 2. The van der Waals surface area contributed by atoms with Gasteiger partial charge in [-0.2, -0.15) is 0 Å². The van der Waals surface area contributed by atoms with Crippen molar-refractivity contribution in [2.45, 2.75) is 52.2 Å². The van der Waals surface area contributed by atoms with Gasteiger partial charge in [0.05, 0.1) is 11.1 Å². The number of carbonyl (C=O) groups excluding carboxylic acids is 1. The molecule has 144 valence electrons. The van der Waals surface area contributed by atoms with Crippen LogP contribution in [-0.2, 0) is 13.0 Å². The van der Waals surface area contributed by atoms with Gasteiger partial charge in [0.1, 0.15) is 5.56 Å². The third-order valence-electron chi connectivity index (χ3n) is 6.28. The molecule has 1 aromatic carbocycles. The Labute approximate surface area is 159 Å². The first-order valence-electron chi connectivity index (χ1n) is 9.94. The molecule has 2 aromatic rings. The summed E-state index contributed by atoms with van der Waals surface area (Å²) < 4.78 is 2.05. The van der Waals surface area contributed by atoms with Crippen molar-refractivity contribution in [3.8, 4) is 0 Å². The van der Waals surface area contributed by atoms with Crippen LogP contribution in [0.15, 0.2) is 29.2 Å². The maximum absolute atomic E-state index is 13.2. The third kappa shape index (κ3) is 3.08. The van der Waals surface area contributed by atoms with Gasteiger partial charge in [0.25, 0.3) is 5.91 Å². The van der Waals surface area contributed by atoms with E-state index in [1.54, 1.807) is 11.1 Å². The van der Waals surface area contributed by atoms with Crippen molar-refractivity contribution in [2.24, 2.45) is 11.8 Å². The first kappa shape index (κ1) is 18.2. The van der Waals surface area contributed by atoms with Crippen LogP contribution in [0.25, 0.3) is 10.9 Å². The molecule has 4 rings (SSSR count).